The predicted molar refractivity (Wildman–Crippen MR) is 94.9 cm³/mol. The molecule has 2 N–H and O–H groups in total. The molecule has 0 saturated carbocycles. The number of nitrogens with one attached hydrogen (secondary N) is 2. The zero-order valence-electron chi connectivity index (χ0n) is 14.5. The van der Waals surface area contributed by atoms with Crippen molar-refractivity contribution in [2.45, 2.75) is 6.61 Å². The number of carbonyl (C=O) groups excluding carboxylic acids is 1. The summed E-state index contributed by atoms with van der Waals surface area (Å²) in [5, 5.41) is 5.81. The Balaban J connectivity index is 1.95. The van der Waals surface area contributed by atoms with E-state index in [9.17, 15) is 4.79 Å². The Morgan fingerprint density at radius 1 is 1.12 bits per heavy atom. The number of anilines is 1. The molecule has 0 aliphatic carbocycles. The van der Waals surface area contributed by atoms with Crippen LogP contribution in [0.1, 0.15) is 5.56 Å². The van der Waals surface area contributed by atoms with Gasteiger partial charge in [0.05, 0.1) is 20.3 Å². The standard InChI is InChI=1S/C18H23N3O4/c1-23-10-9-20-12-18(22)21-15-3-4-16(24-2)17(11-15)25-13-14-5-7-19-8-6-14/h3-8,11,20H,9-10,12-13H2,1-2H3,(H,21,22). The molecule has 0 bridgehead atoms. The minimum absolute atomic E-state index is 0.138. The number of amides is 1. The first-order valence-electron chi connectivity index (χ1n) is 7.92. The lowest BCUT2D eigenvalue weighted by atomic mass is 10.2. The maximum atomic E-state index is 11.9. The molecule has 1 aromatic heterocycles. The van der Waals surface area contributed by atoms with E-state index in [0.717, 1.165) is 5.56 Å². The van der Waals surface area contributed by atoms with Crippen molar-refractivity contribution in [1.82, 2.24) is 10.3 Å². The summed E-state index contributed by atoms with van der Waals surface area (Å²) in [4.78, 5) is 15.9. The molecule has 25 heavy (non-hydrogen) atoms. The van der Waals surface area contributed by atoms with Gasteiger partial charge in [-0.25, -0.2) is 0 Å². The highest BCUT2D eigenvalue weighted by molar-refractivity contribution is 5.92. The van der Waals surface area contributed by atoms with E-state index in [0.29, 0.717) is 36.9 Å². The van der Waals surface area contributed by atoms with Gasteiger partial charge in [-0.3, -0.25) is 9.78 Å². The number of carbonyl (C=O) groups is 1. The Hall–Kier alpha value is -2.64. The van der Waals surface area contributed by atoms with Crippen molar-refractivity contribution < 1.29 is 19.0 Å². The van der Waals surface area contributed by atoms with Gasteiger partial charge in [-0.05, 0) is 29.8 Å². The maximum Gasteiger partial charge on any atom is 0.238 e. The van der Waals surface area contributed by atoms with Crippen LogP contribution in [0.2, 0.25) is 0 Å². The monoisotopic (exact) mass is 345 g/mol. The third kappa shape index (κ3) is 6.40. The summed E-state index contributed by atoms with van der Waals surface area (Å²) in [5.74, 6) is 1.02. The lowest BCUT2D eigenvalue weighted by molar-refractivity contribution is -0.115. The quantitative estimate of drug-likeness (QED) is 0.640. The lowest BCUT2D eigenvalue weighted by Gasteiger charge is -2.13. The number of methoxy groups -OCH3 is 2. The van der Waals surface area contributed by atoms with E-state index in [1.807, 2.05) is 12.1 Å². The predicted octanol–water partition coefficient (Wildman–Crippen LogP) is 1.84. The molecule has 2 aromatic rings. The molecule has 2 rings (SSSR count). The summed E-state index contributed by atoms with van der Waals surface area (Å²) < 4.78 is 16.0. The van der Waals surface area contributed by atoms with Crippen LogP contribution < -0.4 is 20.1 Å². The van der Waals surface area contributed by atoms with Crippen LogP contribution in [0.5, 0.6) is 11.5 Å². The highest BCUT2D eigenvalue weighted by atomic mass is 16.5. The van der Waals surface area contributed by atoms with E-state index in [2.05, 4.69) is 15.6 Å². The van der Waals surface area contributed by atoms with Crippen molar-refractivity contribution in [3.8, 4) is 11.5 Å². The molecule has 0 atom stereocenters. The minimum atomic E-state index is -0.138. The van der Waals surface area contributed by atoms with Crippen molar-refractivity contribution in [3.05, 3.63) is 48.3 Å². The van der Waals surface area contributed by atoms with Gasteiger partial charge in [0.15, 0.2) is 11.5 Å². The summed E-state index contributed by atoms with van der Waals surface area (Å²) in [7, 11) is 3.19. The van der Waals surface area contributed by atoms with Crippen molar-refractivity contribution in [3.63, 3.8) is 0 Å². The molecule has 7 heteroatoms. The van der Waals surface area contributed by atoms with Crippen molar-refractivity contribution in [2.75, 3.05) is 39.2 Å². The summed E-state index contributed by atoms with van der Waals surface area (Å²) in [6.45, 7) is 1.77. The molecule has 1 heterocycles. The molecule has 134 valence electrons. The van der Waals surface area contributed by atoms with Crippen LogP contribution in [-0.2, 0) is 16.1 Å². The molecular formula is C18H23N3O4. The summed E-state index contributed by atoms with van der Waals surface area (Å²) in [5.41, 5.74) is 1.64. The number of pyridine rings is 1. The van der Waals surface area contributed by atoms with Crippen LogP contribution in [0.3, 0.4) is 0 Å². The van der Waals surface area contributed by atoms with E-state index in [4.69, 9.17) is 14.2 Å². The molecule has 7 nitrogen and oxygen atoms in total. The zero-order valence-corrected chi connectivity index (χ0v) is 14.5. The van der Waals surface area contributed by atoms with Gasteiger partial charge in [-0.1, -0.05) is 0 Å². The Morgan fingerprint density at radius 3 is 2.64 bits per heavy atom. The van der Waals surface area contributed by atoms with Gasteiger partial charge in [0.2, 0.25) is 5.91 Å². The van der Waals surface area contributed by atoms with Gasteiger partial charge in [0.25, 0.3) is 0 Å². The van der Waals surface area contributed by atoms with Gasteiger partial charge in [0, 0.05) is 37.8 Å². The topological polar surface area (TPSA) is 81.7 Å². The molecule has 0 saturated heterocycles. The number of hydrogen-bond donors (Lipinski definition) is 2. The van der Waals surface area contributed by atoms with Crippen molar-refractivity contribution in [2.24, 2.45) is 0 Å². The second kappa shape index (κ2) is 10.3. The molecule has 0 unspecified atom stereocenters. The minimum Gasteiger partial charge on any atom is -0.493 e. The summed E-state index contributed by atoms with van der Waals surface area (Å²) in [6.07, 6.45) is 3.42. The average Bonchev–Trinajstić information content (AvgIpc) is 2.64. The second-order valence-electron chi connectivity index (χ2n) is 5.23. The number of ether oxygens (including phenoxy) is 3. The van der Waals surface area contributed by atoms with Crippen LogP contribution >= 0.6 is 0 Å². The highest BCUT2D eigenvalue weighted by Gasteiger charge is 2.08. The molecule has 0 aliphatic heterocycles. The summed E-state index contributed by atoms with van der Waals surface area (Å²) in [6, 6.07) is 9.03. The van der Waals surface area contributed by atoms with Gasteiger partial charge in [-0.2, -0.15) is 0 Å². The van der Waals surface area contributed by atoms with E-state index in [1.54, 1.807) is 44.8 Å². The van der Waals surface area contributed by atoms with Crippen LogP contribution in [0, 0.1) is 0 Å². The Morgan fingerprint density at radius 2 is 1.92 bits per heavy atom. The third-order valence-electron chi connectivity index (χ3n) is 3.36. The largest absolute Gasteiger partial charge is 0.493 e. The van der Waals surface area contributed by atoms with Crippen LogP contribution in [-0.4, -0.2) is 44.8 Å². The van der Waals surface area contributed by atoms with E-state index in [1.165, 1.54) is 0 Å². The zero-order chi connectivity index (χ0) is 17.9. The second-order valence-corrected chi connectivity index (χ2v) is 5.23. The molecule has 1 amide bonds. The molecule has 0 radical (unpaired) electrons. The lowest BCUT2D eigenvalue weighted by Crippen LogP contribution is -2.30. The van der Waals surface area contributed by atoms with Gasteiger partial charge >= 0.3 is 0 Å². The third-order valence-corrected chi connectivity index (χ3v) is 3.36. The first-order chi connectivity index (χ1) is 12.2. The van der Waals surface area contributed by atoms with Gasteiger partial charge in [0.1, 0.15) is 6.61 Å². The molecular weight excluding hydrogens is 322 g/mol. The highest BCUT2D eigenvalue weighted by Crippen LogP contribution is 2.30. The number of benzene rings is 1. The number of rotatable bonds is 10. The van der Waals surface area contributed by atoms with Gasteiger partial charge < -0.3 is 24.8 Å². The molecule has 1 aromatic carbocycles. The van der Waals surface area contributed by atoms with Crippen LogP contribution in [0.15, 0.2) is 42.7 Å². The first kappa shape index (κ1) is 18.7. The maximum absolute atomic E-state index is 11.9. The number of nitrogens with zero attached hydrogens (tertiary/aromatic N) is 1. The normalized spacial score (nSPS) is 10.3. The van der Waals surface area contributed by atoms with E-state index >= 15 is 0 Å². The SMILES string of the molecule is COCCNCC(=O)Nc1ccc(OC)c(OCc2ccncc2)c1. The summed E-state index contributed by atoms with van der Waals surface area (Å²) >= 11 is 0. The Labute approximate surface area is 147 Å². The average molecular weight is 345 g/mol. The fraction of sp³-hybridized carbons (Fsp3) is 0.333. The van der Waals surface area contributed by atoms with Crippen LogP contribution in [0.25, 0.3) is 0 Å². The van der Waals surface area contributed by atoms with Gasteiger partial charge in [-0.15, -0.1) is 0 Å². The molecule has 0 fully saturated rings. The smallest absolute Gasteiger partial charge is 0.238 e. The fourth-order valence-electron chi connectivity index (χ4n) is 2.09. The number of hydrogen-bond acceptors (Lipinski definition) is 6. The van der Waals surface area contributed by atoms with E-state index < -0.39 is 0 Å². The Kier molecular flexibility index (Phi) is 7.68. The van der Waals surface area contributed by atoms with Crippen LogP contribution in [0.4, 0.5) is 5.69 Å². The Bertz CT molecular complexity index is 665. The first-order valence-corrected chi connectivity index (χ1v) is 7.92. The van der Waals surface area contributed by atoms with Crippen molar-refractivity contribution >= 4 is 11.6 Å². The fourth-order valence-corrected chi connectivity index (χ4v) is 2.09. The van der Waals surface area contributed by atoms with E-state index in [-0.39, 0.29) is 12.5 Å². The molecule has 0 spiro atoms. The number of aromatic nitrogens is 1. The molecule has 0 aliphatic rings. The van der Waals surface area contributed by atoms with Crippen molar-refractivity contribution in [1.29, 1.82) is 0 Å².